The molecule has 2 aliphatic heterocycles. The molecule has 2 aromatic heterocycles. The second-order valence-electron chi connectivity index (χ2n) is 8.91. The largest absolute Gasteiger partial charge is 0.417 e. The maximum Gasteiger partial charge on any atom is 0.417 e. The van der Waals surface area contributed by atoms with Crippen molar-refractivity contribution < 1.29 is 27.0 Å². The van der Waals surface area contributed by atoms with Crippen molar-refractivity contribution in [2.75, 3.05) is 5.32 Å². The Bertz CT molecular complexity index is 1580. The number of anilines is 1. The molecule has 1 saturated heterocycles. The smallest absolute Gasteiger partial charge is 0.329 e. The van der Waals surface area contributed by atoms with Crippen molar-refractivity contribution in [3.63, 3.8) is 0 Å². The maximum absolute atomic E-state index is 14.9. The summed E-state index contributed by atoms with van der Waals surface area (Å²) in [4.78, 5) is 29.1. The number of halogens is 4. The fraction of sp³-hybridized carbons (Fsp3) is 0.250. The molecule has 0 saturated carbocycles. The molecule has 36 heavy (non-hydrogen) atoms. The van der Waals surface area contributed by atoms with Gasteiger partial charge in [-0.3, -0.25) is 4.79 Å². The molecule has 184 valence electrons. The highest BCUT2D eigenvalue weighted by Gasteiger charge is 2.43. The molecule has 1 fully saturated rings. The third-order valence-corrected chi connectivity index (χ3v) is 6.82. The van der Waals surface area contributed by atoms with E-state index in [1.807, 2.05) is 0 Å². The van der Waals surface area contributed by atoms with Gasteiger partial charge in [0.15, 0.2) is 0 Å². The van der Waals surface area contributed by atoms with E-state index in [1.54, 1.807) is 11.1 Å². The van der Waals surface area contributed by atoms with Gasteiger partial charge in [0.25, 0.3) is 0 Å². The van der Waals surface area contributed by atoms with Crippen LogP contribution >= 0.6 is 0 Å². The number of aromatic amines is 1. The SMILES string of the molecule is O=C(Nc1cc(-c2ccc3nonc3c2)c(C(F)(F)F)cc1F)N1[C@H]2CC[C@@H]1c1c[nH]c(=O)cc1C2. The number of carbonyl (C=O) groups excluding carboxylic acids is 1. The van der Waals surface area contributed by atoms with Crippen molar-refractivity contribution in [3.05, 3.63) is 75.5 Å². The maximum atomic E-state index is 14.9. The number of urea groups is 1. The molecule has 4 aromatic rings. The Labute approximate surface area is 199 Å². The molecule has 12 heteroatoms. The number of aromatic nitrogens is 3. The van der Waals surface area contributed by atoms with E-state index in [0.29, 0.717) is 30.8 Å². The molecule has 2 amide bonds. The summed E-state index contributed by atoms with van der Waals surface area (Å²) < 4.78 is 60.9. The lowest BCUT2D eigenvalue weighted by molar-refractivity contribution is -0.137. The van der Waals surface area contributed by atoms with E-state index >= 15 is 0 Å². The minimum Gasteiger partial charge on any atom is -0.329 e. The molecule has 2 aliphatic rings. The number of nitrogens with one attached hydrogen (secondary N) is 2. The van der Waals surface area contributed by atoms with Crippen LogP contribution in [0, 0.1) is 5.82 Å². The van der Waals surface area contributed by atoms with Crippen LogP contribution in [0.2, 0.25) is 0 Å². The van der Waals surface area contributed by atoms with E-state index < -0.39 is 23.6 Å². The van der Waals surface area contributed by atoms with Crippen molar-refractivity contribution in [1.82, 2.24) is 20.2 Å². The molecule has 0 spiro atoms. The van der Waals surface area contributed by atoms with Crippen LogP contribution in [0.5, 0.6) is 0 Å². The summed E-state index contributed by atoms with van der Waals surface area (Å²) in [6, 6.07) is 5.89. The topological polar surface area (TPSA) is 104 Å². The van der Waals surface area contributed by atoms with Gasteiger partial charge in [-0.25, -0.2) is 13.8 Å². The van der Waals surface area contributed by atoms with Crippen LogP contribution in [0.1, 0.15) is 35.6 Å². The van der Waals surface area contributed by atoms with Crippen molar-refractivity contribution in [2.45, 2.75) is 37.5 Å². The number of alkyl halides is 3. The van der Waals surface area contributed by atoms with Gasteiger partial charge in [-0.15, -0.1) is 0 Å². The van der Waals surface area contributed by atoms with Gasteiger partial charge < -0.3 is 15.2 Å². The number of pyridine rings is 1. The Morgan fingerprint density at radius 1 is 1.11 bits per heavy atom. The Hall–Kier alpha value is -4.22. The van der Waals surface area contributed by atoms with E-state index in [9.17, 15) is 27.2 Å². The summed E-state index contributed by atoms with van der Waals surface area (Å²) >= 11 is 0. The van der Waals surface area contributed by atoms with Crippen molar-refractivity contribution in [3.8, 4) is 11.1 Å². The molecule has 2 atom stereocenters. The molecule has 6 rings (SSSR count). The average molecular weight is 499 g/mol. The highest BCUT2D eigenvalue weighted by molar-refractivity contribution is 5.92. The summed E-state index contributed by atoms with van der Waals surface area (Å²) in [6.07, 6.45) is -1.45. The normalized spacial score (nSPS) is 18.9. The fourth-order valence-corrected chi connectivity index (χ4v) is 5.23. The van der Waals surface area contributed by atoms with Crippen LogP contribution < -0.4 is 10.9 Å². The van der Waals surface area contributed by atoms with E-state index in [-0.39, 0.29) is 40.0 Å². The van der Waals surface area contributed by atoms with Gasteiger partial charge in [-0.05, 0) is 76.1 Å². The number of rotatable bonds is 2. The first-order valence-corrected chi connectivity index (χ1v) is 11.1. The number of fused-ring (bicyclic) bond motifs is 5. The Balaban J connectivity index is 1.37. The predicted octanol–water partition coefficient (Wildman–Crippen LogP) is 5.03. The van der Waals surface area contributed by atoms with Crippen molar-refractivity contribution >= 4 is 22.8 Å². The summed E-state index contributed by atoms with van der Waals surface area (Å²) in [7, 11) is 0. The first-order valence-electron chi connectivity index (χ1n) is 11.1. The summed E-state index contributed by atoms with van der Waals surface area (Å²) in [6.45, 7) is 0. The number of benzene rings is 2. The number of hydrogen-bond acceptors (Lipinski definition) is 5. The van der Waals surface area contributed by atoms with Crippen LogP contribution in [-0.4, -0.2) is 32.3 Å². The van der Waals surface area contributed by atoms with Crippen LogP contribution in [0.25, 0.3) is 22.2 Å². The monoisotopic (exact) mass is 499 g/mol. The molecule has 4 heterocycles. The second-order valence-corrected chi connectivity index (χ2v) is 8.91. The Morgan fingerprint density at radius 3 is 2.72 bits per heavy atom. The molecule has 0 aliphatic carbocycles. The highest BCUT2D eigenvalue weighted by Crippen LogP contribution is 2.44. The van der Waals surface area contributed by atoms with Gasteiger partial charge in [-0.1, -0.05) is 6.07 Å². The lowest BCUT2D eigenvalue weighted by Gasteiger charge is -2.36. The van der Waals surface area contributed by atoms with E-state index in [0.717, 1.165) is 17.2 Å². The van der Waals surface area contributed by atoms with Crippen molar-refractivity contribution in [2.24, 2.45) is 0 Å². The molecular formula is C24H17F4N5O3. The standard InChI is InChI=1S/C24H17F4N5O3/c25-17-9-16(24(26,27)28)14(11-1-3-18-20(6-11)32-36-31-18)8-19(17)30-23(35)33-13-2-4-21(33)15-10-29-22(34)7-12(15)5-13/h1,3,6-10,13,21H,2,4-5H2,(H,29,34)(H,30,35)/t13-,21+/m0/s1. The summed E-state index contributed by atoms with van der Waals surface area (Å²) in [5.74, 6) is -1.21. The zero-order valence-electron chi connectivity index (χ0n) is 18.4. The predicted molar refractivity (Wildman–Crippen MR) is 120 cm³/mol. The van der Waals surface area contributed by atoms with E-state index in [1.165, 1.54) is 24.3 Å². The minimum atomic E-state index is -4.84. The first kappa shape index (κ1) is 22.3. The molecule has 2 aromatic carbocycles. The number of carbonyl (C=O) groups is 1. The average Bonchev–Trinajstić information content (AvgIpc) is 3.42. The van der Waals surface area contributed by atoms with Gasteiger partial charge in [0.2, 0.25) is 5.56 Å². The zero-order valence-corrected chi connectivity index (χ0v) is 18.4. The highest BCUT2D eigenvalue weighted by atomic mass is 19.4. The Morgan fingerprint density at radius 2 is 1.92 bits per heavy atom. The molecule has 8 nitrogen and oxygen atoms in total. The van der Waals surface area contributed by atoms with E-state index in [4.69, 9.17) is 0 Å². The third kappa shape index (κ3) is 3.60. The van der Waals surface area contributed by atoms with Gasteiger partial charge in [0, 0.05) is 18.3 Å². The van der Waals surface area contributed by atoms with Gasteiger partial charge in [0.1, 0.15) is 16.9 Å². The number of hydrogen-bond donors (Lipinski definition) is 2. The molecule has 2 N–H and O–H groups in total. The summed E-state index contributed by atoms with van der Waals surface area (Å²) in [5.41, 5.74) is 0.230. The van der Waals surface area contributed by atoms with Crippen LogP contribution in [0.3, 0.4) is 0 Å². The lowest BCUT2D eigenvalue weighted by Crippen LogP contribution is -2.44. The van der Waals surface area contributed by atoms with Gasteiger partial charge >= 0.3 is 12.2 Å². The minimum absolute atomic E-state index is 0.108. The number of amides is 2. The Kier molecular flexibility index (Phi) is 4.88. The second kappa shape index (κ2) is 7.90. The molecule has 0 unspecified atom stereocenters. The van der Waals surface area contributed by atoms with Crippen LogP contribution in [0.15, 0.2) is 52.0 Å². The number of nitrogens with zero attached hydrogens (tertiary/aromatic N) is 3. The fourth-order valence-electron chi connectivity index (χ4n) is 5.23. The van der Waals surface area contributed by atoms with E-state index in [2.05, 4.69) is 25.2 Å². The summed E-state index contributed by atoms with van der Waals surface area (Å²) in [5, 5.41) is 9.76. The lowest BCUT2D eigenvalue weighted by atomic mass is 9.95. The molecule has 2 bridgehead atoms. The van der Waals surface area contributed by atoms with Gasteiger partial charge in [-0.2, -0.15) is 13.2 Å². The number of H-pyrrole nitrogens is 1. The van der Waals surface area contributed by atoms with Crippen LogP contribution in [-0.2, 0) is 12.6 Å². The molecular weight excluding hydrogens is 482 g/mol. The third-order valence-electron chi connectivity index (χ3n) is 6.82. The van der Waals surface area contributed by atoms with Crippen molar-refractivity contribution in [1.29, 1.82) is 0 Å². The van der Waals surface area contributed by atoms with Gasteiger partial charge in [0.05, 0.1) is 17.3 Å². The molecule has 0 radical (unpaired) electrons. The quantitative estimate of drug-likeness (QED) is 0.377. The van der Waals surface area contributed by atoms with Crippen LogP contribution in [0.4, 0.5) is 28.0 Å². The first-order chi connectivity index (χ1) is 17.2. The zero-order chi connectivity index (χ0) is 25.2.